The van der Waals surface area contributed by atoms with Gasteiger partial charge in [-0.1, -0.05) is 6.92 Å². The third-order valence-electron chi connectivity index (χ3n) is 1.62. The molecule has 13 heavy (non-hydrogen) atoms. The number of aryl methyl sites for hydroxylation is 1. The Hall–Kier alpha value is -1.78. The molecule has 0 unspecified atom stereocenters. The van der Waals surface area contributed by atoms with Crippen molar-refractivity contribution in [1.82, 2.24) is 20.4 Å². The second-order valence-electron chi connectivity index (χ2n) is 2.51. The molecular weight excluding hydrogens is 168 g/mol. The summed E-state index contributed by atoms with van der Waals surface area (Å²) >= 11 is 0. The molecule has 0 atom stereocenters. The zero-order valence-electron chi connectivity index (χ0n) is 7.14. The second-order valence-corrected chi connectivity index (χ2v) is 2.51. The van der Waals surface area contributed by atoms with Crippen LogP contribution in [0, 0.1) is 0 Å². The maximum Gasteiger partial charge on any atom is 0.206 e. The van der Waals surface area contributed by atoms with E-state index in [0.717, 1.165) is 12.0 Å². The lowest BCUT2D eigenvalue weighted by Gasteiger charge is -1.93. The first kappa shape index (κ1) is 7.85. The Balaban J connectivity index is 2.33. The molecule has 0 aliphatic carbocycles. The fourth-order valence-electron chi connectivity index (χ4n) is 0.899. The maximum atomic E-state index is 4.89. The molecule has 66 valence electrons. The summed E-state index contributed by atoms with van der Waals surface area (Å²) < 4.78 is 4.89. The van der Waals surface area contributed by atoms with Crippen molar-refractivity contribution in [3.8, 4) is 11.4 Å². The summed E-state index contributed by atoms with van der Waals surface area (Å²) in [5.41, 5.74) is 0.794. The normalized spacial score (nSPS) is 10.2. The van der Waals surface area contributed by atoms with Crippen LogP contribution in [0.4, 0.5) is 0 Å². The van der Waals surface area contributed by atoms with Gasteiger partial charge < -0.3 is 4.42 Å². The van der Waals surface area contributed by atoms with Crippen LogP contribution in [0.15, 0.2) is 23.0 Å². The molecule has 2 rings (SSSR count). The van der Waals surface area contributed by atoms with Crippen LogP contribution >= 0.6 is 0 Å². The molecule has 2 heterocycles. The van der Waals surface area contributed by atoms with E-state index < -0.39 is 0 Å². The predicted octanol–water partition coefficient (Wildman–Crippen LogP) is 1.09. The van der Waals surface area contributed by atoms with Gasteiger partial charge in [-0.15, -0.1) is 20.4 Å². The topological polar surface area (TPSA) is 64.7 Å². The monoisotopic (exact) mass is 176 g/mol. The van der Waals surface area contributed by atoms with Gasteiger partial charge in [0.05, 0.1) is 11.8 Å². The Labute approximate surface area is 74.8 Å². The molecule has 0 fully saturated rings. The smallest absolute Gasteiger partial charge is 0.206 e. The van der Waals surface area contributed by atoms with E-state index in [1.54, 1.807) is 18.6 Å². The number of hydrogen-bond donors (Lipinski definition) is 0. The van der Waals surface area contributed by atoms with Crippen LogP contribution in [-0.4, -0.2) is 20.4 Å². The van der Waals surface area contributed by atoms with Crippen molar-refractivity contribution >= 4 is 0 Å². The van der Waals surface area contributed by atoms with Gasteiger partial charge >= 0.3 is 0 Å². The van der Waals surface area contributed by atoms with E-state index in [-0.39, 0.29) is 0 Å². The SMILES string of the molecule is CCc1nnc(-c2ccoc2)nn1. The number of hydrogen-bond acceptors (Lipinski definition) is 5. The molecule has 0 aliphatic heterocycles. The van der Waals surface area contributed by atoms with E-state index in [0.29, 0.717) is 11.6 Å². The molecular formula is C8H8N4O. The van der Waals surface area contributed by atoms with Crippen molar-refractivity contribution in [2.75, 3.05) is 0 Å². The van der Waals surface area contributed by atoms with Gasteiger partial charge in [-0.3, -0.25) is 0 Å². The van der Waals surface area contributed by atoms with E-state index in [1.165, 1.54) is 0 Å². The number of furan rings is 1. The lowest BCUT2D eigenvalue weighted by atomic mass is 10.3. The third kappa shape index (κ3) is 1.53. The highest BCUT2D eigenvalue weighted by Gasteiger charge is 2.03. The molecule has 0 bridgehead atoms. The van der Waals surface area contributed by atoms with Crippen LogP contribution in [0.1, 0.15) is 12.7 Å². The van der Waals surface area contributed by atoms with Crippen molar-refractivity contribution in [2.24, 2.45) is 0 Å². The largest absolute Gasteiger partial charge is 0.472 e. The van der Waals surface area contributed by atoms with Gasteiger partial charge in [0.25, 0.3) is 0 Å². The predicted molar refractivity (Wildman–Crippen MR) is 44.7 cm³/mol. The Morgan fingerprint density at radius 1 is 1.23 bits per heavy atom. The van der Waals surface area contributed by atoms with Gasteiger partial charge in [0.2, 0.25) is 5.82 Å². The average molecular weight is 176 g/mol. The van der Waals surface area contributed by atoms with E-state index in [9.17, 15) is 0 Å². The second kappa shape index (κ2) is 3.30. The molecule has 0 N–H and O–H groups in total. The third-order valence-corrected chi connectivity index (χ3v) is 1.62. The zero-order valence-corrected chi connectivity index (χ0v) is 7.14. The fraction of sp³-hybridized carbons (Fsp3) is 0.250. The van der Waals surface area contributed by atoms with Gasteiger partial charge in [0.1, 0.15) is 6.26 Å². The Morgan fingerprint density at radius 3 is 2.54 bits per heavy atom. The minimum absolute atomic E-state index is 0.492. The maximum absolute atomic E-state index is 4.89. The van der Waals surface area contributed by atoms with Crippen molar-refractivity contribution in [3.63, 3.8) is 0 Å². The van der Waals surface area contributed by atoms with E-state index in [4.69, 9.17) is 4.42 Å². The average Bonchev–Trinajstić information content (AvgIpc) is 2.71. The standard InChI is InChI=1S/C8H8N4O/c1-2-7-9-11-8(12-10-7)6-3-4-13-5-6/h3-5H,2H2,1H3. The molecule has 0 radical (unpaired) electrons. The van der Waals surface area contributed by atoms with Crippen LogP contribution in [0.2, 0.25) is 0 Å². The molecule has 0 aliphatic rings. The molecule has 2 aromatic heterocycles. The Morgan fingerprint density at radius 2 is 2.00 bits per heavy atom. The van der Waals surface area contributed by atoms with Gasteiger partial charge in [0.15, 0.2) is 5.82 Å². The van der Waals surface area contributed by atoms with Crippen molar-refractivity contribution in [3.05, 3.63) is 24.4 Å². The van der Waals surface area contributed by atoms with Crippen molar-refractivity contribution in [2.45, 2.75) is 13.3 Å². The lowest BCUT2D eigenvalue weighted by Crippen LogP contribution is -2.00. The van der Waals surface area contributed by atoms with Crippen LogP contribution in [0.3, 0.4) is 0 Å². The van der Waals surface area contributed by atoms with Crippen molar-refractivity contribution < 1.29 is 4.42 Å². The quantitative estimate of drug-likeness (QED) is 0.685. The minimum atomic E-state index is 0.492. The first-order valence-electron chi connectivity index (χ1n) is 3.99. The van der Waals surface area contributed by atoms with E-state index >= 15 is 0 Å². The number of rotatable bonds is 2. The summed E-state index contributed by atoms with van der Waals surface area (Å²) in [7, 11) is 0. The number of aromatic nitrogens is 4. The minimum Gasteiger partial charge on any atom is -0.472 e. The summed E-state index contributed by atoms with van der Waals surface area (Å²) in [6.45, 7) is 1.95. The Bertz CT molecular complexity index is 368. The molecule has 2 aromatic rings. The van der Waals surface area contributed by atoms with Crippen LogP contribution in [-0.2, 0) is 6.42 Å². The summed E-state index contributed by atoms with van der Waals surface area (Å²) in [6.07, 6.45) is 3.86. The molecule has 0 aromatic carbocycles. The van der Waals surface area contributed by atoms with Crippen LogP contribution in [0.25, 0.3) is 11.4 Å². The number of nitrogens with zero attached hydrogens (tertiary/aromatic N) is 4. The van der Waals surface area contributed by atoms with E-state index in [2.05, 4.69) is 20.4 Å². The molecule has 0 saturated heterocycles. The van der Waals surface area contributed by atoms with Crippen molar-refractivity contribution in [1.29, 1.82) is 0 Å². The molecule has 0 spiro atoms. The van der Waals surface area contributed by atoms with E-state index in [1.807, 2.05) is 6.92 Å². The molecule has 5 heteroatoms. The lowest BCUT2D eigenvalue weighted by molar-refractivity contribution is 0.567. The first-order chi connectivity index (χ1) is 6.40. The van der Waals surface area contributed by atoms with Crippen LogP contribution < -0.4 is 0 Å². The van der Waals surface area contributed by atoms with Gasteiger partial charge in [-0.05, 0) is 6.07 Å². The van der Waals surface area contributed by atoms with Gasteiger partial charge in [-0.2, -0.15) is 0 Å². The first-order valence-corrected chi connectivity index (χ1v) is 3.99. The van der Waals surface area contributed by atoms with Gasteiger partial charge in [0, 0.05) is 6.42 Å². The summed E-state index contributed by atoms with van der Waals surface area (Å²) in [4.78, 5) is 0. The molecule has 0 amide bonds. The Kier molecular flexibility index (Phi) is 1.99. The zero-order chi connectivity index (χ0) is 9.10. The highest BCUT2D eigenvalue weighted by Crippen LogP contribution is 2.12. The fourth-order valence-corrected chi connectivity index (χ4v) is 0.899. The highest BCUT2D eigenvalue weighted by molar-refractivity contribution is 5.50. The summed E-state index contributed by atoms with van der Waals surface area (Å²) in [6, 6.07) is 1.77. The highest BCUT2D eigenvalue weighted by atomic mass is 16.3. The molecule has 0 saturated carbocycles. The van der Waals surface area contributed by atoms with Gasteiger partial charge in [-0.25, -0.2) is 0 Å². The molecule has 5 nitrogen and oxygen atoms in total. The van der Waals surface area contributed by atoms with Crippen LogP contribution in [0.5, 0.6) is 0 Å². The summed E-state index contributed by atoms with van der Waals surface area (Å²) in [5.74, 6) is 1.14. The summed E-state index contributed by atoms with van der Waals surface area (Å²) in [5, 5.41) is 15.6.